The quantitative estimate of drug-likeness (QED) is 0.823. The van der Waals surface area contributed by atoms with Gasteiger partial charge >= 0.3 is 0 Å². The fourth-order valence-electron chi connectivity index (χ4n) is 2.33. The van der Waals surface area contributed by atoms with Gasteiger partial charge in [-0.2, -0.15) is 0 Å². The minimum atomic E-state index is -0.163. The summed E-state index contributed by atoms with van der Waals surface area (Å²) in [4.78, 5) is 18.3. The number of nitrogens with zero attached hydrogens (tertiary/aromatic N) is 2. The Morgan fingerprint density at radius 1 is 1.33 bits per heavy atom. The molecule has 0 saturated heterocycles. The maximum Gasteiger partial charge on any atom is 0.258 e. The van der Waals surface area contributed by atoms with Crippen LogP contribution in [-0.4, -0.2) is 24.0 Å². The van der Waals surface area contributed by atoms with Crippen LogP contribution < -0.4 is 15.4 Å². The number of hydrogen-bond acceptors (Lipinski definition) is 4. The molecule has 1 aliphatic heterocycles. The highest BCUT2D eigenvalue weighted by Crippen LogP contribution is 2.31. The maximum absolute atomic E-state index is 12.7. The number of carbonyl (C=O) groups is 1. The molecule has 5 nitrogen and oxygen atoms in total. The van der Waals surface area contributed by atoms with E-state index in [2.05, 4.69) is 4.98 Å². The van der Waals surface area contributed by atoms with E-state index in [9.17, 15) is 4.79 Å². The molecule has 0 atom stereocenters. The summed E-state index contributed by atoms with van der Waals surface area (Å²) >= 11 is 5.88. The van der Waals surface area contributed by atoms with Gasteiger partial charge in [0.2, 0.25) is 0 Å². The molecule has 0 saturated carbocycles. The number of amides is 1. The monoisotopic (exact) mass is 303 g/mol. The van der Waals surface area contributed by atoms with Crippen LogP contribution >= 0.6 is 11.6 Å². The Kier molecular flexibility index (Phi) is 3.66. The number of carbonyl (C=O) groups excluding carboxylic acids is 1. The number of rotatable bonds is 1. The van der Waals surface area contributed by atoms with Crippen LogP contribution in [0.2, 0.25) is 5.15 Å². The van der Waals surface area contributed by atoms with Crippen molar-refractivity contribution in [2.45, 2.75) is 6.42 Å². The van der Waals surface area contributed by atoms with E-state index in [1.165, 1.54) is 12.1 Å². The van der Waals surface area contributed by atoms with E-state index in [0.29, 0.717) is 24.5 Å². The summed E-state index contributed by atoms with van der Waals surface area (Å²) in [5, 5.41) is 0.206. The van der Waals surface area contributed by atoms with Gasteiger partial charge in [-0.3, -0.25) is 4.79 Å². The van der Waals surface area contributed by atoms with Gasteiger partial charge in [0.15, 0.2) is 0 Å². The van der Waals surface area contributed by atoms with Crippen molar-refractivity contribution in [2.24, 2.45) is 0 Å². The molecule has 3 rings (SSSR count). The molecule has 1 aliphatic rings. The predicted octanol–water partition coefficient (Wildman–Crippen LogP) is 2.75. The second-order valence-corrected chi connectivity index (χ2v) is 5.12. The summed E-state index contributed by atoms with van der Waals surface area (Å²) in [6.07, 6.45) is 0.759. The minimum Gasteiger partial charge on any atom is -0.491 e. The first-order valence-corrected chi connectivity index (χ1v) is 7.00. The topological polar surface area (TPSA) is 68.5 Å². The van der Waals surface area contributed by atoms with Crippen molar-refractivity contribution in [3.63, 3.8) is 0 Å². The van der Waals surface area contributed by atoms with Crippen LogP contribution in [0.15, 0.2) is 36.4 Å². The number of fused-ring (bicyclic) bond motifs is 1. The smallest absolute Gasteiger partial charge is 0.258 e. The lowest BCUT2D eigenvalue weighted by Gasteiger charge is -2.21. The zero-order valence-corrected chi connectivity index (χ0v) is 12.0. The van der Waals surface area contributed by atoms with Gasteiger partial charge in [-0.05, 0) is 30.7 Å². The van der Waals surface area contributed by atoms with Crippen LogP contribution in [0, 0.1) is 0 Å². The Morgan fingerprint density at radius 3 is 2.95 bits per heavy atom. The molecule has 0 unspecified atom stereocenters. The molecule has 6 heteroatoms. The lowest BCUT2D eigenvalue weighted by molar-refractivity contribution is 0.0987. The summed E-state index contributed by atoms with van der Waals surface area (Å²) in [5.41, 5.74) is 6.84. The van der Waals surface area contributed by atoms with E-state index in [1.807, 2.05) is 24.3 Å². The molecular formula is C15H14ClN3O2. The molecule has 0 spiro atoms. The van der Waals surface area contributed by atoms with Crippen molar-refractivity contribution in [2.75, 3.05) is 23.8 Å². The number of para-hydroxylation sites is 2. The SMILES string of the molecule is Nc1cc(C(=O)N2CCCOc3ccccc32)cc(Cl)n1. The molecule has 0 radical (unpaired) electrons. The van der Waals surface area contributed by atoms with Gasteiger partial charge in [0, 0.05) is 12.1 Å². The van der Waals surface area contributed by atoms with Crippen molar-refractivity contribution in [1.82, 2.24) is 4.98 Å². The number of nitrogens with two attached hydrogens (primary N) is 1. The van der Waals surface area contributed by atoms with Crippen molar-refractivity contribution >= 4 is 29.0 Å². The molecular weight excluding hydrogens is 290 g/mol. The van der Waals surface area contributed by atoms with Crippen LogP contribution in [0.5, 0.6) is 5.75 Å². The van der Waals surface area contributed by atoms with Gasteiger partial charge in [0.05, 0.1) is 12.3 Å². The van der Waals surface area contributed by atoms with Crippen LogP contribution in [0.3, 0.4) is 0 Å². The van der Waals surface area contributed by atoms with Gasteiger partial charge in [-0.1, -0.05) is 23.7 Å². The van der Waals surface area contributed by atoms with Crippen molar-refractivity contribution in [3.8, 4) is 5.75 Å². The van der Waals surface area contributed by atoms with Gasteiger partial charge in [0.1, 0.15) is 16.7 Å². The third kappa shape index (κ3) is 2.78. The second kappa shape index (κ2) is 5.61. The number of anilines is 2. The molecule has 108 valence electrons. The van der Waals surface area contributed by atoms with Crippen LogP contribution in [0.4, 0.5) is 11.5 Å². The number of ether oxygens (including phenoxy) is 1. The van der Waals surface area contributed by atoms with Crippen molar-refractivity contribution < 1.29 is 9.53 Å². The highest BCUT2D eigenvalue weighted by Gasteiger charge is 2.23. The standard InChI is InChI=1S/C15H14ClN3O2/c16-13-8-10(9-14(17)18-13)15(20)19-6-3-7-21-12-5-2-1-4-11(12)19/h1-2,4-5,8-9H,3,6-7H2,(H2,17,18). The van der Waals surface area contributed by atoms with Crippen molar-refractivity contribution in [1.29, 1.82) is 0 Å². The second-order valence-electron chi connectivity index (χ2n) is 4.73. The molecule has 2 aromatic rings. The van der Waals surface area contributed by atoms with Gasteiger partial charge in [-0.25, -0.2) is 4.98 Å². The molecule has 2 heterocycles. The highest BCUT2D eigenvalue weighted by atomic mass is 35.5. The highest BCUT2D eigenvalue weighted by molar-refractivity contribution is 6.30. The fraction of sp³-hybridized carbons (Fsp3) is 0.200. The predicted molar refractivity (Wildman–Crippen MR) is 81.9 cm³/mol. The Bertz CT molecular complexity index is 670. The normalized spacial score (nSPS) is 14.0. The minimum absolute atomic E-state index is 0.163. The Balaban J connectivity index is 2.01. The molecule has 0 aliphatic carbocycles. The Labute approximate surface area is 127 Å². The van der Waals surface area contributed by atoms with E-state index >= 15 is 0 Å². The summed E-state index contributed by atoms with van der Waals surface area (Å²) in [6, 6.07) is 10.5. The number of pyridine rings is 1. The van der Waals surface area contributed by atoms with E-state index < -0.39 is 0 Å². The molecule has 0 fully saturated rings. The van der Waals surface area contributed by atoms with Crippen LogP contribution in [0.1, 0.15) is 16.8 Å². The lowest BCUT2D eigenvalue weighted by Crippen LogP contribution is -2.31. The van der Waals surface area contributed by atoms with E-state index in [1.54, 1.807) is 4.90 Å². The number of aromatic nitrogens is 1. The van der Waals surface area contributed by atoms with Gasteiger partial charge < -0.3 is 15.4 Å². The number of nitrogen functional groups attached to an aromatic ring is 1. The van der Waals surface area contributed by atoms with Crippen LogP contribution in [-0.2, 0) is 0 Å². The van der Waals surface area contributed by atoms with Crippen LogP contribution in [0.25, 0.3) is 0 Å². The molecule has 1 amide bonds. The van der Waals surface area contributed by atoms with Gasteiger partial charge in [0.25, 0.3) is 5.91 Å². The summed E-state index contributed by atoms with van der Waals surface area (Å²) in [7, 11) is 0. The lowest BCUT2D eigenvalue weighted by atomic mass is 10.2. The Hall–Kier alpha value is -2.27. The molecule has 1 aromatic heterocycles. The third-order valence-corrected chi connectivity index (χ3v) is 3.44. The summed E-state index contributed by atoms with van der Waals surface area (Å²) in [5.74, 6) is 0.769. The summed E-state index contributed by atoms with van der Waals surface area (Å²) < 4.78 is 5.66. The number of benzene rings is 1. The zero-order chi connectivity index (χ0) is 14.8. The molecule has 0 bridgehead atoms. The zero-order valence-electron chi connectivity index (χ0n) is 11.3. The molecule has 1 aromatic carbocycles. The first kappa shape index (κ1) is 13.7. The molecule has 2 N–H and O–H groups in total. The number of halogens is 1. The van der Waals surface area contributed by atoms with E-state index in [4.69, 9.17) is 22.1 Å². The first-order chi connectivity index (χ1) is 10.1. The first-order valence-electron chi connectivity index (χ1n) is 6.62. The largest absolute Gasteiger partial charge is 0.491 e. The number of hydrogen-bond donors (Lipinski definition) is 1. The maximum atomic E-state index is 12.7. The average molecular weight is 304 g/mol. The van der Waals surface area contributed by atoms with E-state index in [-0.39, 0.29) is 16.9 Å². The van der Waals surface area contributed by atoms with E-state index in [0.717, 1.165) is 12.1 Å². The Morgan fingerprint density at radius 2 is 2.14 bits per heavy atom. The average Bonchev–Trinajstić information content (AvgIpc) is 2.68. The molecule has 21 heavy (non-hydrogen) atoms. The van der Waals surface area contributed by atoms with Gasteiger partial charge in [-0.15, -0.1) is 0 Å². The summed E-state index contributed by atoms with van der Waals surface area (Å²) in [6.45, 7) is 1.16. The fourth-order valence-corrected chi connectivity index (χ4v) is 2.55. The third-order valence-electron chi connectivity index (χ3n) is 3.25. The van der Waals surface area contributed by atoms with Crippen molar-refractivity contribution in [3.05, 3.63) is 47.1 Å².